The Labute approximate surface area is 184 Å². The first-order valence-corrected chi connectivity index (χ1v) is 10.6. The Morgan fingerprint density at radius 1 is 0.774 bits per heavy atom. The summed E-state index contributed by atoms with van der Waals surface area (Å²) in [5.74, 6) is -1.14. The molecule has 5 nitrogen and oxygen atoms in total. The van der Waals surface area contributed by atoms with Crippen LogP contribution in [0, 0.1) is 0 Å². The summed E-state index contributed by atoms with van der Waals surface area (Å²) in [6, 6.07) is 29.6. The van der Waals surface area contributed by atoms with Crippen LogP contribution in [0.5, 0.6) is 0 Å². The zero-order valence-electron chi connectivity index (χ0n) is 16.5. The fourth-order valence-electron chi connectivity index (χ4n) is 3.25. The third kappa shape index (κ3) is 4.12. The molecule has 31 heavy (non-hydrogen) atoms. The predicted molar refractivity (Wildman–Crippen MR) is 122 cm³/mol. The average molecular weight is 429 g/mol. The maximum Gasteiger partial charge on any atom is 0.281 e. The summed E-state index contributed by atoms with van der Waals surface area (Å²) in [7, 11) is 0. The molecule has 154 valence electrons. The Balaban J connectivity index is 1.75. The summed E-state index contributed by atoms with van der Waals surface area (Å²) in [5.41, 5.74) is 2.00. The van der Waals surface area contributed by atoms with Crippen molar-refractivity contribution in [1.29, 1.82) is 0 Å². The number of aliphatic hydroxyl groups is 1. The molecule has 0 unspecified atom stereocenters. The second-order valence-corrected chi connectivity index (χ2v) is 7.78. The Morgan fingerprint density at radius 2 is 1.35 bits per heavy atom. The average Bonchev–Trinajstić information content (AvgIpc) is 3.39. The molecule has 1 atom stereocenters. The van der Waals surface area contributed by atoms with Gasteiger partial charge in [0.25, 0.3) is 11.8 Å². The first-order valence-electron chi connectivity index (χ1n) is 9.68. The molecule has 6 heteroatoms. The van der Waals surface area contributed by atoms with Crippen molar-refractivity contribution in [2.75, 3.05) is 5.01 Å². The fourth-order valence-corrected chi connectivity index (χ4v) is 4.09. The number of rotatable bonds is 5. The van der Waals surface area contributed by atoms with Crippen LogP contribution in [0.4, 0.5) is 5.69 Å². The number of nitrogens with zero attached hydrogens (tertiary/aromatic N) is 1. The molecule has 2 N–H and O–H groups in total. The van der Waals surface area contributed by atoms with Gasteiger partial charge in [-0.1, -0.05) is 72.8 Å². The largest absolute Gasteiger partial charge is 0.371 e. The van der Waals surface area contributed by atoms with Gasteiger partial charge in [-0.25, -0.2) is 5.01 Å². The molecular formula is C25H20N2O3S. The number of amides is 2. The third-order valence-electron chi connectivity index (χ3n) is 4.85. The number of hydrogen-bond acceptors (Lipinski definition) is 4. The van der Waals surface area contributed by atoms with E-state index >= 15 is 0 Å². The van der Waals surface area contributed by atoms with Crippen molar-refractivity contribution in [2.45, 2.75) is 5.60 Å². The van der Waals surface area contributed by atoms with E-state index in [1.807, 2.05) is 18.2 Å². The first kappa shape index (κ1) is 20.5. The molecular weight excluding hydrogens is 408 g/mol. The minimum atomic E-state index is -1.96. The lowest BCUT2D eigenvalue weighted by atomic mass is 9.91. The molecule has 0 fully saturated rings. The van der Waals surface area contributed by atoms with Crippen LogP contribution in [0.3, 0.4) is 0 Å². The topological polar surface area (TPSA) is 69.6 Å². The zero-order chi connectivity index (χ0) is 21.7. The number of hydrazine groups is 1. The van der Waals surface area contributed by atoms with Gasteiger partial charge in [-0.2, -0.15) is 0 Å². The van der Waals surface area contributed by atoms with Crippen molar-refractivity contribution < 1.29 is 14.7 Å². The van der Waals surface area contributed by atoms with E-state index in [1.165, 1.54) is 16.3 Å². The molecule has 0 aliphatic heterocycles. The van der Waals surface area contributed by atoms with Gasteiger partial charge in [0.1, 0.15) is 0 Å². The molecule has 4 rings (SSSR count). The van der Waals surface area contributed by atoms with Crippen LogP contribution in [0.2, 0.25) is 0 Å². The number of para-hydroxylation sites is 1. The summed E-state index contributed by atoms with van der Waals surface area (Å²) in [6.45, 7) is 0. The Kier molecular flexibility index (Phi) is 5.93. The van der Waals surface area contributed by atoms with Gasteiger partial charge in [0.05, 0.1) is 10.6 Å². The highest BCUT2D eigenvalue weighted by Crippen LogP contribution is 2.33. The monoisotopic (exact) mass is 428 g/mol. The van der Waals surface area contributed by atoms with Crippen LogP contribution in [0.15, 0.2) is 109 Å². The zero-order valence-corrected chi connectivity index (χ0v) is 17.3. The van der Waals surface area contributed by atoms with E-state index in [2.05, 4.69) is 5.43 Å². The molecule has 3 aromatic carbocycles. The highest BCUT2D eigenvalue weighted by Gasteiger charge is 2.42. The van der Waals surface area contributed by atoms with E-state index in [4.69, 9.17) is 0 Å². The van der Waals surface area contributed by atoms with Gasteiger partial charge in [0, 0.05) is 5.56 Å². The molecule has 1 aromatic heterocycles. The molecule has 0 spiro atoms. The smallest absolute Gasteiger partial charge is 0.281 e. The third-order valence-corrected chi connectivity index (χ3v) is 5.83. The van der Waals surface area contributed by atoms with E-state index in [-0.39, 0.29) is 0 Å². The molecule has 4 aromatic rings. The molecule has 2 amide bonds. The van der Waals surface area contributed by atoms with Crippen molar-refractivity contribution in [3.63, 3.8) is 0 Å². The number of carbonyl (C=O) groups excluding carboxylic acids is 2. The highest BCUT2D eigenvalue weighted by molar-refractivity contribution is 7.10. The normalized spacial score (nSPS) is 12.5. The number of nitrogens with one attached hydrogen (secondary N) is 1. The fraction of sp³-hybridized carbons (Fsp3) is 0.0400. The summed E-state index contributed by atoms with van der Waals surface area (Å²) in [4.78, 5) is 27.3. The highest BCUT2D eigenvalue weighted by atomic mass is 32.1. The van der Waals surface area contributed by atoms with Gasteiger partial charge in [-0.05, 0) is 41.3 Å². The number of anilines is 1. The quantitative estimate of drug-likeness (QED) is 0.464. The summed E-state index contributed by atoms with van der Waals surface area (Å²) in [6.07, 6.45) is 0. The van der Waals surface area contributed by atoms with Gasteiger partial charge in [0.15, 0.2) is 0 Å². The minimum Gasteiger partial charge on any atom is -0.371 e. The van der Waals surface area contributed by atoms with E-state index in [0.29, 0.717) is 21.7 Å². The van der Waals surface area contributed by atoms with E-state index in [1.54, 1.807) is 90.3 Å². The summed E-state index contributed by atoms with van der Waals surface area (Å²) in [5, 5.41) is 14.6. The van der Waals surface area contributed by atoms with Gasteiger partial charge in [-0.15, -0.1) is 11.3 Å². The number of carbonyl (C=O) groups is 2. The van der Waals surface area contributed by atoms with E-state index in [9.17, 15) is 14.7 Å². The van der Waals surface area contributed by atoms with Crippen molar-refractivity contribution in [3.8, 4) is 0 Å². The van der Waals surface area contributed by atoms with Gasteiger partial charge < -0.3 is 5.11 Å². The van der Waals surface area contributed by atoms with Crippen LogP contribution >= 0.6 is 11.3 Å². The molecule has 1 heterocycles. The van der Waals surface area contributed by atoms with Crippen LogP contribution in [-0.4, -0.2) is 16.9 Å². The summed E-state index contributed by atoms with van der Waals surface area (Å²) < 4.78 is 0. The van der Waals surface area contributed by atoms with Crippen molar-refractivity contribution in [3.05, 3.63) is 125 Å². The number of benzene rings is 3. The SMILES string of the molecule is O=C(c1ccccc1)N(NC(=O)[C@@](O)(c1ccccc1)c1cccs1)c1ccccc1. The lowest BCUT2D eigenvalue weighted by molar-refractivity contribution is -0.136. The molecule has 0 saturated carbocycles. The van der Waals surface area contributed by atoms with Gasteiger partial charge >= 0.3 is 0 Å². The number of hydrogen-bond donors (Lipinski definition) is 2. The second-order valence-electron chi connectivity index (χ2n) is 6.84. The predicted octanol–water partition coefficient (Wildman–Crippen LogP) is 4.36. The maximum absolute atomic E-state index is 13.5. The van der Waals surface area contributed by atoms with Gasteiger partial charge in [0.2, 0.25) is 5.60 Å². The van der Waals surface area contributed by atoms with E-state index in [0.717, 1.165) is 0 Å². The van der Waals surface area contributed by atoms with Crippen molar-refractivity contribution in [2.24, 2.45) is 0 Å². The lowest BCUT2D eigenvalue weighted by Gasteiger charge is -2.31. The molecule has 0 aliphatic carbocycles. The van der Waals surface area contributed by atoms with E-state index < -0.39 is 17.4 Å². The van der Waals surface area contributed by atoms with Crippen LogP contribution in [-0.2, 0) is 10.4 Å². The molecule has 0 saturated heterocycles. The molecule has 0 aliphatic rings. The Bertz CT molecular complexity index is 1150. The van der Waals surface area contributed by atoms with Crippen LogP contribution in [0.1, 0.15) is 20.8 Å². The minimum absolute atomic E-state index is 0.408. The second kappa shape index (κ2) is 8.95. The van der Waals surface area contributed by atoms with Crippen molar-refractivity contribution >= 4 is 28.8 Å². The standard InChI is InChI=1S/C25H20N2O3S/c28-23(19-11-4-1-5-12-19)27(21-15-8-3-9-16-21)26-24(29)25(30,22-17-10-18-31-22)20-13-6-2-7-14-20/h1-18,30H,(H,26,29)/t25-/m1/s1. The first-order chi connectivity index (χ1) is 15.1. The maximum atomic E-state index is 13.5. The molecule has 0 radical (unpaired) electrons. The van der Waals surface area contributed by atoms with Crippen LogP contribution in [0.25, 0.3) is 0 Å². The Hall–Kier alpha value is -3.74. The van der Waals surface area contributed by atoms with Crippen molar-refractivity contribution in [1.82, 2.24) is 5.43 Å². The lowest BCUT2D eigenvalue weighted by Crippen LogP contribution is -2.54. The van der Waals surface area contributed by atoms with Gasteiger partial charge in [-0.3, -0.25) is 15.0 Å². The Morgan fingerprint density at radius 3 is 1.94 bits per heavy atom. The van der Waals surface area contributed by atoms with Crippen LogP contribution < -0.4 is 10.4 Å². The number of thiophene rings is 1. The molecule has 0 bridgehead atoms. The summed E-state index contributed by atoms with van der Waals surface area (Å²) >= 11 is 1.27.